The Labute approximate surface area is 177 Å². The lowest BCUT2D eigenvalue weighted by molar-refractivity contribution is -0.148. The normalized spacial score (nSPS) is 16.2. The molecule has 0 aromatic heterocycles. The quantitative estimate of drug-likeness (QED) is 0.494. The summed E-state index contributed by atoms with van der Waals surface area (Å²) in [5, 5.41) is 0.172. The molecule has 1 aliphatic heterocycles. The van der Waals surface area contributed by atoms with E-state index in [9.17, 15) is 14.4 Å². The number of hydrogen-bond acceptors (Lipinski definition) is 6. The lowest BCUT2D eigenvalue weighted by Gasteiger charge is -2.18. The number of benzene rings is 2. The van der Waals surface area contributed by atoms with Gasteiger partial charge in [-0.3, -0.25) is 14.5 Å². The molecule has 2 aromatic rings. The van der Waals surface area contributed by atoms with E-state index in [0.717, 1.165) is 27.8 Å². The van der Waals surface area contributed by atoms with Gasteiger partial charge in [-0.05, 0) is 60.2 Å². The minimum atomic E-state index is -0.970. The van der Waals surface area contributed by atoms with E-state index in [1.54, 1.807) is 42.5 Å². The molecule has 1 heterocycles. The van der Waals surface area contributed by atoms with Crippen LogP contribution in [-0.4, -0.2) is 35.2 Å². The van der Waals surface area contributed by atoms with Crippen molar-refractivity contribution in [3.63, 3.8) is 0 Å². The Kier molecular flexibility index (Phi) is 6.61. The van der Waals surface area contributed by atoms with E-state index in [4.69, 9.17) is 16.3 Å². The summed E-state index contributed by atoms with van der Waals surface area (Å²) in [5.41, 5.74) is 1.73. The van der Waals surface area contributed by atoms with Crippen LogP contribution in [0.1, 0.15) is 18.1 Å². The number of thioether (sulfide) groups is 1. The number of rotatable bonds is 6. The third-order valence-corrected chi connectivity index (χ3v) is 5.39. The van der Waals surface area contributed by atoms with Crippen LogP contribution >= 0.6 is 23.4 Å². The van der Waals surface area contributed by atoms with Crippen LogP contribution < -0.4 is 4.74 Å². The predicted octanol–water partition coefficient (Wildman–Crippen LogP) is 4.52. The highest BCUT2D eigenvalue weighted by molar-refractivity contribution is 8.18. The lowest BCUT2D eigenvalue weighted by Crippen LogP contribution is -2.42. The molecule has 0 aliphatic carbocycles. The topological polar surface area (TPSA) is 72.9 Å². The first-order valence-electron chi connectivity index (χ1n) is 8.71. The highest BCUT2D eigenvalue weighted by atomic mass is 35.5. The molecule has 150 valence electrons. The van der Waals surface area contributed by atoms with Crippen molar-refractivity contribution >= 4 is 46.6 Å². The summed E-state index contributed by atoms with van der Waals surface area (Å²) in [6.07, 6.45) is 1.61. The highest BCUT2D eigenvalue weighted by Crippen LogP contribution is 2.34. The van der Waals surface area contributed by atoms with Crippen LogP contribution in [0, 0.1) is 0 Å². The molecule has 3 rings (SSSR count). The fourth-order valence-electron chi connectivity index (χ4n) is 2.65. The second-order valence-corrected chi connectivity index (χ2v) is 7.66. The van der Waals surface area contributed by atoms with Gasteiger partial charge in [0.2, 0.25) is 0 Å². The van der Waals surface area contributed by atoms with Crippen molar-refractivity contribution in [1.82, 2.24) is 4.90 Å². The zero-order valence-electron chi connectivity index (χ0n) is 15.8. The van der Waals surface area contributed by atoms with Crippen molar-refractivity contribution in [2.75, 3.05) is 7.11 Å². The summed E-state index contributed by atoms with van der Waals surface area (Å²) in [6.45, 7) is 1.86. The van der Waals surface area contributed by atoms with Gasteiger partial charge in [0.15, 0.2) is 0 Å². The molecule has 0 radical (unpaired) electrons. The molecule has 1 aliphatic rings. The molecule has 0 N–H and O–H groups in total. The predicted molar refractivity (Wildman–Crippen MR) is 112 cm³/mol. The smallest absolute Gasteiger partial charge is 0.328 e. The number of carbonyl (C=O) groups excluding carboxylic acids is 3. The van der Waals surface area contributed by atoms with Crippen LogP contribution in [0.5, 0.6) is 5.75 Å². The number of carbonyl (C=O) groups is 3. The average molecular weight is 432 g/mol. The van der Waals surface area contributed by atoms with Crippen LogP contribution in [0.25, 0.3) is 6.08 Å². The molecule has 0 bridgehead atoms. The van der Waals surface area contributed by atoms with Gasteiger partial charge in [0.25, 0.3) is 11.1 Å². The lowest BCUT2D eigenvalue weighted by atomic mass is 10.2. The van der Waals surface area contributed by atoms with Gasteiger partial charge in [0.05, 0.1) is 12.0 Å². The van der Waals surface area contributed by atoms with E-state index in [1.807, 2.05) is 12.1 Å². The molecular formula is C21H18ClNO5S. The van der Waals surface area contributed by atoms with Gasteiger partial charge in [-0.1, -0.05) is 35.9 Å². The summed E-state index contributed by atoms with van der Waals surface area (Å²) in [7, 11) is 1.21. The second-order valence-electron chi connectivity index (χ2n) is 6.24. The van der Waals surface area contributed by atoms with E-state index >= 15 is 0 Å². The van der Waals surface area contributed by atoms with Gasteiger partial charge in [-0.25, -0.2) is 4.79 Å². The zero-order valence-corrected chi connectivity index (χ0v) is 17.3. The Morgan fingerprint density at radius 1 is 1.14 bits per heavy atom. The van der Waals surface area contributed by atoms with Crippen molar-refractivity contribution in [3.8, 4) is 5.75 Å². The number of ether oxygens (including phenoxy) is 2. The number of esters is 1. The van der Waals surface area contributed by atoms with Crippen LogP contribution in [0.3, 0.4) is 0 Å². The molecule has 1 atom stereocenters. The molecule has 0 spiro atoms. The van der Waals surface area contributed by atoms with Crippen molar-refractivity contribution in [2.24, 2.45) is 0 Å². The molecule has 1 fully saturated rings. The first-order chi connectivity index (χ1) is 13.9. The minimum Gasteiger partial charge on any atom is -0.489 e. The number of hydrogen-bond donors (Lipinski definition) is 0. The van der Waals surface area contributed by atoms with Crippen molar-refractivity contribution < 1.29 is 23.9 Å². The molecule has 6 nitrogen and oxygen atoms in total. The Morgan fingerprint density at radius 3 is 2.41 bits per heavy atom. The summed E-state index contributed by atoms with van der Waals surface area (Å²) >= 11 is 6.66. The fraction of sp³-hybridized carbons (Fsp3) is 0.190. The number of nitrogens with zero attached hydrogens (tertiary/aromatic N) is 1. The Balaban J connectivity index is 1.66. The molecule has 8 heteroatoms. The highest BCUT2D eigenvalue weighted by Gasteiger charge is 2.41. The van der Waals surface area contributed by atoms with Crippen LogP contribution in [0.2, 0.25) is 5.02 Å². The van der Waals surface area contributed by atoms with Gasteiger partial charge in [0.1, 0.15) is 18.4 Å². The SMILES string of the molecule is COC(=O)[C@@H](C)N1C(=O)S/C(=C/c2ccc(OCc3ccc(Cl)cc3)cc2)C1=O. The molecule has 0 saturated carbocycles. The second kappa shape index (κ2) is 9.15. The van der Waals surface area contributed by atoms with Crippen molar-refractivity contribution in [1.29, 1.82) is 0 Å². The van der Waals surface area contributed by atoms with E-state index in [1.165, 1.54) is 14.0 Å². The monoisotopic (exact) mass is 431 g/mol. The van der Waals surface area contributed by atoms with Crippen LogP contribution in [0.4, 0.5) is 4.79 Å². The Hall–Kier alpha value is -2.77. The van der Waals surface area contributed by atoms with Crippen molar-refractivity contribution in [2.45, 2.75) is 19.6 Å². The van der Waals surface area contributed by atoms with Gasteiger partial charge < -0.3 is 9.47 Å². The van der Waals surface area contributed by atoms with E-state index < -0.39 is 23.2 Å². The first kappa shape index (κ1) is 21.0. The first-order valence-corrected chi connectivity index (χ1v) is 9.90. The van der Waals surface area contributed by atoms with Gasteiger partial charge in [-0.15, -0.1) is 0 Å². The maximum absolute atomic E-state index is 12.5. The van der Waals surface area contributed by atoms with Gasteiger partial charge in [-0.2, -0.15) is 0 Å². The maximum Gasteiger partial charge on any atom is 0.328 e. The summed E-state index contributed by atoms with van der Waals surface area (Å²) in [5.74, 6) is -0.485. The van der Waals surface area contributed by atoms with E-state index in [2.05, 4.69) is 4.74 Å². The zero-order chi connectivity index (χ0) is 21.0. The summed E-state index contributed by atoms with van der Waals surface area (Å²) in [4.78, 5) is 37.5. The van der Waals surface area contributed by atoms with Crippen LogP contribution in [0.15, 0.2) is 53.4 Å². The number of methoxy groups -OCH3 is 1. The third kappa shape index (κ3) is 4.99. The Morgan fingerprint density at radius 2 is 1.79 bits per heavy atom. The summed E-state index contributed by atoms with van der Waals surface area (Å²) < 4.78 is 10.3. The molecule has 29 heavy (non-hydrogen) atoms. The molecule has 2 amide bonds. The largest absolute Gasteiger partial charge is 0.489 e. The Bertz CT molecular complexity index is 956. The number of halogens is 1. The third-order valence-electron chi connectivity index (χ3n) is 4.25. The van der Waals surface area contributed by atoms with Crippen LogP contribution in [-0.2, 0) is 20.9 Å². The number of amides is 2. The van der Waals surface area contributed by atoms with E-state index in [0.29, 0.717) is 17.4 Å². The maximum atomic E-state index is 12.5. The molecule has 0 unspecified atom stereocenters. The molecular weight excluding hydrogens is 414 g/mol. The minimum absolute atomic E-state index is 0.251. The molecule has 2 aromatic carbocycles. The van der Waals surface area contributed by atoms with Gasteiger partial charge in [0, 0.05) is 5.02 Å². The number of imide groups is 1. The fourth-order valence-corrected chi connectivity index (χ4v) is 3.68. The standard InChI is InChI=1S/C21H18ClNO5S/c1-13(20(25)27-2)23-19(24)18(29-21(23)26)11-14-5-9-17(10-6-14)28-12-15-3-7-16(22)8-4-15/h3-11,13H,12H2,1-2H3/b18-11+/t13-/m1/s1. The van der Waals surface area contributed by atoms with E-state index in [-0.39, 0.29) is 4.91 Å². The van der Waals surface area contributed by atoms with Crippen molar-refractivity contribution in [3.05, 3.63) is 69.6 Å². The van der Waals surface area contributed by atoms with Gasteiger partial charge >= 0.3 is 5.97 Å². The summed E-state index contributed by atoms with van der Waals surface area (Å²) in [6, 6.07) is 13.6. The average Bonchev–Trinajstić information content (AvgIpc) is 3.00. The molecule has 1 saturated heterocycles.